The summed E-state index contributed by atoms with van der Waals surface area (Å²) in [5.74, 6) is -1.70. The van der Waals surface area contributed by atoms with Crippen LogP contribution in [0.5, 0.6) is 0 Å². The van der Waals surface area contributed by atoms with Gasteiger partial charge in [0.15, 0.2) is 18.4 Å². The van der Waals surface area contributed by atoms with Crippen molar-refractivity contribution in [2.24, 2.45) is 17.8 Å². The zero-order chi connectivity index (χ0) is 77.2. The highest BCUT2D eigenvalue weighted by molar-refractivity contribution is 5.76. The average Bonchev–Trinajstić information content (AvgIpc) is 1.54. The maximum Gasteiger partial charge on any atom is 0.220 e. The Morgan fingerprint density at radius 2 is 0.849 bits per heavy atom. The number of nitrogens with one attached hydrogen (secondary N) is 4. The van der Waals surface area contributed by atoms with Crippen LogP contribution in [0.1, 0.15) is 293 Å². The topological polar surface area (TPSA) is 263 Å². The molecule has 106 heavy (non-hydrogen) atoms. The second kappa shape index (κ2) is 68.2. The molecule has 2 heterocycles. The lowest BCUT2D eigenvalue weighted by molar-refractivity contribution is -0.251. The molecule has 4 amide bonds. The van der Waals surface area contributed by atoms with E-state index in [-0.39, 0.29) is 73.9 Å². The van der Waals surface area contributed by atoms with E-state index < -0.39 is 42.7 Å². The molecule has 2 rings (SSSR count). The van der Waals surface area contributed by atoms with Crippen molar-refractivity contribution in [3.05, 3.63) is 48.6 Å². The summed E-state index contributed by atoms with van der Waals surface area (Å²) in [6.45, 7) is 22.8. The van der Waals surface area contributed by atoms with E-state index in [4.69, 9.17) is 42.6 Å². The van der Waals surface area contributed by atoms with Crippen LogP contribution < -0.4 is 21.3 Å². The molecule has 0 saturated carbocycles. The molecule has 2 saturated heterocycles. The van der Waals surface area contributed by atoms with Gasteiger partial charge >= 0.3 is 0 Å². The van der Waals surface area contributed by atoms with Gasteiger partial charge in [-0.3, -0.25) is 19.2 Å². The normalized spacial score (nSPS) is 20.9. The highest BCUT2D eigenvalue weighted by Crippen LogP contribution is 2.31. The SMILES string of the molecule is CCCCC/C=C\C/C=C\CCCCCCCCC(O)(CCCCCCCC/C=C\C/C=C\CCCCC)OCCCN(CCCCCC(=O)NCCOCCOCCO[C@@H]1OCC(CC)[C@H](C)C(O)C1NC(C)=O)CCCCCC(=O)NCCOCCOCCO[C@@H]1OC(CC)[C@H](C)C(O)C1NC(C)=O. The summed E-state index contributed by atoms with van der Waals surface area (Å²) in [6.07, 6.45) is 53.3. The molecule has 21 nitrogen and oxygen atoms in total. The van der Waals surface area contributed by atoms with Crippen LogP contribution in [0.4, 0.5) is 0 Å². The van der Waals surface area contributed by atoms with E-state index in [9.17, 15) is 34.5 Å². The van der Waals surface area contributed by atoms with Gasteiger partial charge in [-0.25, -0.2) is 0 Å². The van der Waals surface area contributed by atoms with Crippen molar-refractivity contribution >= 4 is 23.6 Å². The Hall–Kier alpha value is -3.68. The Kier molecular flexibility index (Phi) is 63.3. The van der Waals surface area contributed by atoms with E-state index in [1.165, 1.54) is 117 Å². The van der Waals surface area contributed by atoms with Gasteiger partial charge in [0.2, 0.25) is 23.6 Å². The molecule has 2 aliphatic rings. The lowest BCUT2D eigenvalue weighted by Crippen LogP contribution is -2.61. The lowest BCUT2D eigenvalue weighted by atomic mass is 9.85. The molecule has 0 spiro atoms. The van der Waals surface area contributed by atoms with Gasteiger partial charge in [0.1, 0.15) is 12.1 Å². The first-order valence-electron chi connectivity index (χ1n) is 42.5. The molecule has 21 heteroatoms. The van der Waals surface area contributed by atoms with Crippen molar-refractivity contribution in [1.82, 2.24) is 26.2 Å². The van der Waals surface area contributed by atoms with Gasteiger partial charge in [0.25, 0.3) is 0 Å². The number of allylic oxidation sites excluding steroid dienone is 8. The van der Waals surface area contributed by atoms with Crippen molar-refractivity contribution in [1.29, 1.82) is 0 Å². The van der Waals surface area contributed by atoms with Crippen LogP contribution in [0.2, 0.25) is 0 Å². The highest BCUT2D eigenvalue weighted by atomic mass is 16.7. The van der Waals surface area contributed by atoms with Crippen molar-refractivity contribution in [3.8, 4) is 0 Å². The molecule has 0 bridgehead atoms. The number of carbonyl (C=O) groups is 4. The number of amides is 4. The summed E-state index contributed by atoms with van der Waals surface area (Å²) in [4.78, 5) is 51.9. The van der Waals surface area contributed by atoms with Crippen LogP contribution in [0.3, 0.4) is 0 Å². The summed E-state index contributed by atoms with van der Waals surface area (Å²) in [7, 11) is 0. The minimum atomic E-state index is -1.13. The number of nitrogens with zero attached hydrogens (tertiary/aromatic N) is 1. The second-order valence-corrected chi connectivity index (χ2v) is 29.6. The first kappa shape index (κ1) is 98.4. The number of unbranched alkanes of at least 4 members (excludes halogenated alkanes) is 22. The van der Waals surface area contributed by atoms with Crippen molar-refractivity contribution < 1.29 is 77.1 Å². The quantitative estimate of drug-likeness (QED) is 0.0170. The second-order valence-electron chi connectivity index (χ2n) is 29.6. The Morgan fingerprint density at radius 3 is 1.30 bits per heavy atom. The van der Waals surface area contributed by atoms with Gasteiger partial charge in [-0.15, -0.1) is 0 Å². The van der Waals surface area contributed by atoms with Crippen LogP contribution >= 0.6 is 0 Å². The molecule has 0 aromatic heterocycles. The highest BCUT2D eigenvalue weighted by Gasteiger charge is 2.44. The van der Waals surface area contributed by atoms with Gasteiger partial charge in [0, 0.05) is 65.1 Å². The molecular formula is C85H157N5O16. The molecule has 2 fully saturated rings. The number of hydrogen-bond donors (Lipinski definition) is 7. The van der Waals surface area contributed by atoms with Gasteiger partial charge in [-0.2, -0.15) is 0 Å². The molecule has 0 aromatic rings. The maximum absolute atomic E-state index is 12.8. The molecule has 2 aliphatic heterocycles. The van der Waals surface area contributed by atoms with Crippen molar-refractivity contribution in [2.45, 2.75) is 342 Å². The first-order valence-corrected chi connectivity index (χ1v) is 42.5. The summed E-state index contributed by atoms with van der Waals surface area (Å²) >= 11 is 0. The largest absolute Gasteiger partial charge is 0.390 e. The standard InChI is InChI=1S/C85H157N5O16/c1-9-13-15-17-19-21-23-25-27-29-31-33-35-37-39-45-52-85(97,53-46-40-38-36-34-32-30-28-26-24-22-20-18-16-14-10-2)105-59-49-58-90(57-48-42-44-51-78(94)87-55-61-99-63-65-101-67-69-103-84-80(89-74(8)92)82(96)72(6)76(12-4)106-84)56-47-41-43-50-77(93)86-54-60-98-62-64-100-66-68-102-83-79(88-73(7)91)81(95)71(5)75(11-3)70-104-83/h19-22,25-28,71-72,75-76,79-84,95-97H,9-18,23-24,29-70H2,1-8H3,(H,86,93)(H,87,94)(H,88,91)(H,89,92)/b21-19-,22-20-,27-25-,28-26-/t71-,72-,75?,76?,79?,80?,81?,82?,83+,84+/m0/s1. The Bertz CT molecular complexity index is 2180. The van der Waals surface area contributed by atoms with E-state index >= 15 is 0 Å². The van der Waals surface area contributed by atoms with Crippen LogP contribution in [0, 0.1) is 17.8 Å². The fraction of sp³-hybridized carbons (Fsp3) is 0.859. The van der Waals surface area contributed by atoms with E-state index in [0.717, 1.165) is 122 Å². The third-order valence-corrected chi connectivity index (χ3v) is 20.4. The van der Waals surface area contributed by atoms with Crippen molar-refractivity contribution in [3.63, 3.8) is 0 Å². The van der Waals surface area contributed by atoms with Crippen LogP contribution in [-0.4, -0.2) is 205 Å². The smallest absolute Gasteiger partial charge is 0.220 e. The summed E-state index contributed by atoms with van der Waals surface area (Å²) in [5.41, 5.74) is 0. The van der Waals surface area contributed by atoms with E-state index in [1.54, 1.807) is 0 Å². The Balaban J connectivity index is 1.86. The molecule has 0 aromatic carbocycles. The van der Waals surface area contributed by atoms with Crippen LogP contribution in [-0.2, 0) is 61.8 Å². The number of aliphatic hydroxyl groups is 3. The number of aliphatic hydroxyl groups excluding tert-OH is 2. The van der Waals surface area contributed by atoms with E-state index in [2.05, 4.69) is 95.5 Å². The summed E-state index contributed by atoms with van der Waals surface area (Å²) < 4.78 is 53.3. The van der Waals surface area contributed by atoms with Crippen LogP contribution in [0.15, 0.2) is 48.6 Å². The van der Waals surface area contributed by atoms with Crippen LogP contribution in [0.25, 0.3) is 0 Å². The molecule has 6 unspecified atom stereocenters. The number of hydrogen-bond acceptors (Lipinski definition) is 17. The molecule has 7 N–H and O–H groups in total. The maximum atomic E-state index is 12.8. The number of ether oxygens (including phenoxy) is 9. The molecule has 618 valence electrons. The third-order valence-electron chi connectivity index (χ3n) is 20.4. The van der Waals surface area contributed by atoms with Gasteiger partial charge in [-0.05, 0) is 141 Å². The van der Waals surface area contributed by atoms with E-state index in [1.807, 2.05) is 20.8 Å². The monoisotopic (exact) mass is 1500 g/mol. The predicted molar refractivity (Wildman–Crippen MR) is 426 cm³/mol. The summed E-state index contributed by atoms with van der Waals surface area (Å²) in [6, 6.07) is -1.35. The fourth-order valence-electron chi connectivity index (χ4n) is 13.7. The molecule has 0 aliphatic carbocycles. The lowest BCUT2D eigenvalue weighted by Gasteiger charge is -2.43. The van der Waals surface area contributed by atoms with E-state index in [0.29, 0.717) is 98.0 Å². The zero-order valence-electron chi connectivity index (χ0n) is 68.2. The number of carbonyl (C=O) groups excluding carboxylic acids is 4. The minimum Gasteiger partial charge on any atom is -0.390 e. The van der Waals surface area contributed by atoms with Crippen molar-refractivity contribution in [2.75, 3.05) is 112 Å². The first-order chi connectivity index (χ1) is 51.6. The average molecular weight is 1510 g/mol. The molecule has 10 atom stereocenters. The Morgan fingerprint density at radius 1 is 0.453 bits per heavy atom. The number of rotatable bonds is 71. The predicted octanol–water partition coefficient (Wildman–Crippen LogP) is 14.8. The van der Waals surface area contributed by atoms with Gasteiger partial charge in [0.05, 0.1) is 97.6 Å². The van der Waals surface area contributed by atoms with Gasteiger partial charge in [-0.1, -0.05) is 186 Å². The zero-order valence-corrected chi connectivity index (χ0v) is 68.2. The molecular weight excluding hydrogens is 1350 g/mol. The molecule has 0 radical (unpaired) electrons. The Labute approximate surface area is 644 Å². The minimum absolute atomic E-state index is 0.000757. The van der Waals surface area contributed by atoms with Gasteiger partial charge < -0.3 is 84.1 Å². The third kappa shape index (κ3) is 52.5. The fourth-order valence-corrected chi connectivity index (χ4v) is 13.7. The summed E-state index contributed by atoms with van der Waals surface area (Å²) in [5, 5.41) is 45.5.